The largest absolute Gasteiger partial charge is 0.451 e. The monoisotopic (exact) mass is 343 g/mol. The van der Waals surface area contributed by atoms with Gasteiger partial charge in [0.05, 0.1) is 0 Å². The number of nitrogens with one attached hydrogen (secondary N) is 1. The molecule has 6 heteroatoms. The molecule has 1 heterocycles. The second-order valence-corrected chi connectivity index (χ2v) is 6.42. The van der Waals surface area contributed by atoms with Gasteiger partial charge in [-0.25, -0.2) is 4.79 Å². The van der Waals surface area contributed by atoms with Gasteiger partial charge in [0.15, 0.2) is 6.61 Å². The molecule has 0 saturated heterocycles. The first-order chi connectivity index (χ1) is 12.0. The molecule has 0 bridgehead atoms. The molecule has 0 atom stereocenters. The van der Waals surface area contributed by atoms with Gasteiger partial charge in [-0.1, -0.05) is 13.3 Å². The number of carbonyl (C=O) groups excluding carboxylic acids is 2. The Morgan fingerprint density at radius 2 is 2.16 bits per heavy atom. The molecule has 0 radical (unpaired) electrons. The smallest absolute Gasteiger partial charge is 0.349 e. The highest BCUT2D eigenvalue weighted by atomic mass is 16.5. The van der Waals surface area contributed by atoms with Gasteiger partial charge in [-0.2, -0.15) is 5.26 Å². The number of rotatable bonds is 8. The Kier molecular flexibility index (Phi) is 6.40. The van der Waals surface area contributed by atoms with Crippen molar-refractivity contribution in [1.29, 1.82) is 5.26 Å². The second kappa shape index (κ2) is 8.52. The maximum absolute atomic E-state index is 12.1. The highest BCUT2D eigenvalue weighted by molar-refractivity contribution is 5.99. The van der Waals surface area contributed by atoms with Gasteiger partial charge < -0.3 is 14.6 Å². The third kappa shape index (κ3) is 5.21. The third-order valence-electron chi connectivity index (χ3n) is 4.27. The van der Waals surface area contributed by atoms with E-state index in [1.807, 2.05) is 26.0 Å². The van der Waals surface area contributed by atoms with Gasteiger partial charge in [-0.05, 0) is 50.8 Å². The standard InChI is InChI=1S/C19H25N3O3/c1-4-5-8-22-13(2)9-15(14(22)3)10-16(11-20)19(24)25-12-18(23)21-17-6-7-17/h9-10,17H,4-8,12H2,1-3H3,(H,21,23)/b16-10+. The molecule has 1 N–H and O–H groups in total. The van der Waals surface area contributed by atoms with Crippen molar-refractivity contribution in [3.63, 3.8) is 0 Å². The lowest BCUT2D eigenvalue weighted by atomic mass is 10.1. The maximum atomic E-state index is 12.1. The molecular formula is C19H25N3O3. The van der Waals surface area contributed by atoms with E-state index in [1.54, 1.807) is 0 Å². The number of aromatic nitrogens is 1. The van der Waals surface area contributed by atoms with Gasteiger partial charge in [-0.3, -0.25) is 4.79 Å². The van der Waals surface area contributed by atoms with Crippen LogP contribution < -0.4 is 5.32 Å². The Bertz CT molecular complexity index is 721. The highest BCUT2D eigenvalue weighted by Gasteiger charge is 2.24. The van der Waals surface area contributed by atoms with E-state index in [-0.39, 0.29) is 24.1 Å². The second-order valence-electron chi connectivity index (χ2n) is 6.42. The molecule has 0 aliphatic heterocycles. The summed E-state index contributed by atoms with van der Waals surface area (Å²) in [5.74, 6) is -1.10. The van der Waals surface area contributed by atoms with Crippen LogP contribution in [0.5, 0.6) is 0 Å². The Morgan fingerprint density at radius 3 is 2.76 bits per heavy atom. The van der Waals surface area contributed by atoms with E-state index in [4.69, 9.17) is 4.74 Å². The SMILES string of the molecule is CCCCn1c(C)cc(/C=C(\C#N)C(=O)OCC(=O)NC2CC2)c1C. The van der Waals surface area contributed by atoms with E-state index in [0.29, 0.717) is 0 Å². The molecular weight excluding hydrogens is 318 g/mol. The van der Waals surface area contributed by atoms with Crippen LogP contribution in [0, 0.1) is 25.2 Å². The average Bonchev–Trinajstić information content (AvgIpc) is 3.35. The Morgan fingerprint density at radius 1 is 1.44 bits per heavy atom. The molecule has 1 aliphatic carbocycles. The predicted octanol–water partition coefficient (Wildman–Crippen LogP) is 2.63. The molecule has 0 aromatic carbocycles. The third-order valence-corrected chi connectivity index (χ3v) is 4.27. The van der Waals surface area contributed by atoms with Crippen LogP contribution in [0.2, 0.25) is 0 Å². The minimum Gasteiger partial charge on any atom is -0.451 e. The van der Waals surface area contributed by atoms with Crippen molar-refractivity contribution in [2.75, 3.05) is 6.61 Å². The minimum atomic E-state index is -0.771. The van der Waals surface area contributed by atoms with E-state index in [9.17, 15) is 14.9 Å². The lowest BCUT2D eigenvalue weighted by molar-refractivity contribution is -0.144. The van der Waals surface area contributed by atoms with Crippen LogP contribution >= 0.6 is 0 Å². The van der Waals surface area contributed by atoms with Crippen molar-refractivity contribution >= 4 is 18.0 Å². The van der Waals surface area contributed by atoms with Crippen molar-refractivity contribution in [2.24, 2.45) is 0 Å². The average molecular weight is 343 g/mol. The number of nitriles is 1. The van der Waals surface area contributed by atoms with Crippen molar-refractivity contribution in [3.8, 4) is 6.07 Å². The van der Waals surface area contributed by atoms with E-state index in [0.717, 1.165) is 49.2 Å². The summed E-state index contributed by atoms with van der Waals surface area (Å²) in [6, 6.07) is 4.04. The quantitative estimate of drug-likeness (QED) is 0.447. The number of nitrogens with zero attached hydrogens (tertiary/aromatic N) is 2. The first kappa shape index (κ1) is 18.8. The van der Waals surface area contributed by atoms with Crippen molar-refractivity contribution in [1.82, 2.24) is 9.88 Å². The zero-order valence-corrected chi connectivity index (χ0v) is 15.1. The summed E-state index contributed by atoms with van der Waals surface area (Å²) in [5.41, 5.74) is 2.82. The number of amides is 1. The first-order valence-corrected chi connectivity index (χ1v) is 8.71. The number of carbonyl (C=O) groups is 2. The van der Waals surface area contributed by atoms with E-state index < -0.39 is 5.97 Å². The van der Waals surface area contributed by atoms with Gasteiger partial charge in [0, 0.05) is 24.0 Å². The Hall–Kier alpha value is -2.55. The van der Waals surface area contributed by atoms with Gasteiger partial charge in [0.2, 0.25) is 0 Å². The van der Waals surface area contributed by atoms with E-state index in [2.05, 4.69) is 16.8 Å². The minimum absolute atomic E-state index is 0.102. The normalized spacial score (nSPS) is 14.1. The number of hydrogen-bond donors (Lipinski definition) is 1. The van der Waals surface area contributed by atoms with Crippen LogP contribution in [0.4, 0.5) is 0 Å². The summed E-state index contributed by atoms with van der Waals surface area (Å²) in [6.07, 6.45) is 5.64. The van der Waals surface area contributed by atoms with Crippen LogP contribution in [0.3, 0.4) is 0 Å². The number of unbranched alkanes of at least 4 members (excludes halogenated alkanes) is 1. The number of hydrogen-bond acceptors (Lipinski definition) is 4. The summed E-state index contributed by atoms with van der Waals surface area (Å²) >= 11 is 0. The molecule has 1 saturated carbocycles. The summed E-state index contributed by atoms with van der Waals surface area (Å²) in [7, 11) is 0. The van der Waals surface area contributed by atoms with Gasteiger partial charge in [0.25, 0.3) is 5.91 Å². The zero-order chi connectivity index (χ0) is 18.4. The molecule has 1 amide bonds. The summed E-state index contributed by atoms with van der Waals surface area (Å²) in [5, 5.41) is 12.0. The van der Waals surface area contributed by atoms with E-state index >= 15 is 0 Å². The zero-order valence-electron chi connectivity index (χ0n) is 15.1. The molecule has 1 aromatic rings. The van der Waals surface area contributed by atoms with Crippen LogP contribution in [0.15, 0.2) is 11.6 Å². The Balaban J connectivity index is 2.04. The number of esters is 1. The van der Waals surface area contributed by atoms with Gasteiger partial charge >= 0.3 is 5.97 Å². The maximum Gasteiger partial charge on any atom is 0.349 e. The summed E-state index contributed by atoms with van der Waals surface area (Å²) in [4.78, 5) is 23.6. The molecule has 1 aliphatic rings. The molecule has 2 rings (SSSR count). The molecule has 6 nitrogen and oxygen atoms in total. The van der Waals surface area contributed by atoms with Crippen molar-refractivity contribution in [3.05, 3.63) is 28.6 Å². The van der Waals surface area contributed by atoms with Crippen LogP contribution in [0.25, 0.3) is 6.08 Å². The summed E-state index contributed by atoms with van der Waals surface area (Å²) in [6.45, 7) is 6.67. The number of aryl methyl sites for hydroxylation is 1. The fourth-order valence-corrected chi connectivity index (χ4v) is 2.63. The van der Waals surface area contributed by atoms with Gasteiger partial charge in [-0.15, -0.1) is 0 Å². The first-order valence-electron chi connectivity index (χ1n) is 8.71. The van der Waals surface area contributed by atoms with Crippen molar-refractivity contribution in [2.45, 2.75) is 59.0 Å². The molecule has 134 valence electrons. The van der Waals surface area contributed by atoms with Crippen LogP contribution in [-0.2, 0) is 20.9 Å². The highest BCUT2D eigenvalue weighted by Crippen LogP contribution is 2.20. The van der Waals surface area contributed by atoms with Crippen LogP contribution in [-0.4, -0.2) is 29.1 Å². The molecule has 25 heavy (non-hydrogen) atoms. The molecule has 1 fully saturated rings. The van der Waals surface area contributed by atoms with E-state index in [1.165, 1.54) is 6.08 Å². The van der Waals surface area contributed by atoms with Crippen LogP contribution in [0.1, 0.15) is 49.6 Å². The van der Waals surface area contributed by atoms with Crippen molar-refractivity contribution < 1.29 is 14.3 Å². The Labute approximate surface area is 148 Å². The lowest BCUT2D eigenvalue weighted by Crippen LogP contribution is -2.30. The fourth-order valence-electron chi connectivity index (χ4n) is 2.63. The molecule has 0 unspecified atom stereocenters. The number of ether oxygens (including phenoxy) is 1. The fraction of sp³-hybridized carbons (Fsp3) is 0.526. The molecule has 1 aromatic heterocycles. The lowest BCUT2D eigenvalue weighted by Gasteiger charge is -2.08. The topological polar surface area (TPSA) is 84.1 Å². The predicted molar refractivity (Wildman–Crippen MR) is 94.5 cm³/mol. The van der Waals surface area contributed by atoms with Gasteiger partial charge in [0.1, 0.15) is 11.6 Å². The molecule has 0 spiro atoms. The summed E-state index contributed by atoms with van der Waals surface area (Å²) < 4.78 is 7.13.